The number of hydrogen-bond acceptors (Lipinski definition) is 7. The first kappa shape index (κ1) is 39.7. The topological polar surface area (TPSA) is 202 Å². The van der Waals surface area contributed by atoms with Gasteiger partial charge in [-0.15, -0.1) is 0 Å². The van der Waals surface area contributed by atoms with Gasteiger partial charge in [0.15, 0.2) is 5.78 Å². The number of Topliss-reactive ketones (excluding diaryl/α,β-unsaturated/α-hetero) is 1. The molecule has 0 aromatic heterocycles. The van der Waals surface area contributed by atoms with Crippen LogP contribution in [0.3, 0.4) is 0 Å². The standard InChI is InChI=1S/C21H42O3.C4H6O4.2H3N/c1-3-4-5-6-7-8-9-10-11-12-13-14-15-16-17-18-20(23)21(24)19(2)22;5-3(6)1-2-4(7)8;;/h19,21-22,24H,3-18H2,1-2H3;1-2H2,(H,5,6)(H,7,8);2*1H3. The summed E-state index contributed by atoms with van der Waals surface area (Å²) in [7, 11) is 0. The largest absolute Gasteiger partial charge is 0.481 e. The van der Waals surface area contributed by atoms with Crippen LogP contribution in [0.15, 0.2) is 0 Å². The summed E-state index contributed by atoms with van der Waals surface area (Å²) in [6, 6.07) is 0. The van der Waals surface area contributed by atoms with Crippen molar-refractivity contribution in [3.63, 3.8) is 0 Å². The lowest BCUT2D eigenvalue weighted by Gasteiger charge is -2.11. The van der Waals surface area contributed by atoms with Gasteiger partial charge in [0.1, 0.15) is 6.10 Å². The second-order valence-electron chi connectivity index (χ2n) is 8.64. The van der Waals surface area contributed by atoms with E-state index in [2.05, 4.69) is 6.92 Å². The number of rotatable bonds is 21. The molecule has 9 nitrogen and oxygen atoms in total. The molecule has 0 fully saturated rings. The number of carbonyl (C=O) groups is 3. The molecule has 0 aliphatic rings. The average Bonchev–Trinajstić information content (AvgIpc) is 2.74. The van der Waals surface area contributed by atoms with Crippen LogP contribution in [0.2, 0.25) is 0 Å². The number of aliphatic hydroxyl groups is 2. The average molecular weight is 495 g/mol. The molecule has 0 aromatic rings. The van der Waals surface area contributed by atoms with Crippen LogP contribution in [0.1, 0.15) is 129 Å². The van der Waals surface area contributed by atoms with Crippen molar-refractivity contribution in [2.24, 2.45) is 0 Å². The van der Waals surface area contributed by atoms with E-state index in [0.29, 0.717) is 6.42 Å². The first-order chi connectivity index (χ1) is 15.2. The van der Waals surface area contributed by atoms with Gasteiger partial charge < -0.3 is 32.7 Å². The minimum Gasteiger partial charge on any atom is -0.481 e. The van der Waals surface area contributed by atoms with Crippen molar-refractivity contribution in [1.82, 2.24) is 12.3 Å². The fraction of sp³-hybridized carbons (Fsp3) is 0.880. The number of aliphatic carboxylic acids is 2. The molecule has 0 heterocycles. The van der Waals surface area contributed by atoms with Gasteiger partial charge in [0, 0.05) is 6.42 Å². The maximum absolute atomic E-state index is 11.5. The Morgan fingerprint density at radius 3 is 1.12 bits per heavy atom. The van der Waals surface area contributed by atoms with Crippen LogP contribution >= 0.6 is 0 Å². The lowest BCUT2D eigenvalue weighted by Crippen LogP contribution is -2.31. The molecule has 0 rings (SSSR count). The molecule has 0 bridgehead atoms. The Kier molecular flexibility index (Phi) is 34.4. The monoisotopic (exact) mass is 494 g/mol. The molecule has 0 spiro atoms. The van der Waals surface area contributed by atoms with Gasteiger partial charge in [-0.05, 0) is 13.3 Å². The van der Waals surface area contributed by atoms with Crippen molar-refractivity contribution in [1.29, 1.82) is 0 Å². The molecule has 0 aliphatic heterocycles. The number of carboxylic acid groups (broad SMARTS) is 2. The zero-order valence-corrected chi connectivity index (χ0v) is 21.8. The Morgan fingerprint density at radius 2 is 0.853 bits per heavy atom. The zero-order valence-electron chi connectivity index (χ0n) is 21.8. The molecule has 0 saturated heterocycles. The molecule has 0 aromatic carbocycles. The third-order valence-corrected chi connectivity index (χ3v) is 5.37. The summed E-state index contributed by atoms with van der Waals surface area (Å²) in [4.78, 5) is 30.8. The quantitative estimate of drug-likeness (QED) is 0.106. The molecular formula is C25H54N2O7. The fourth-order valence-electron chi connectivity index (χ4n) is 3.30. The number of carbonyl (C=O) groups excluding carboxylic acids is 1. The van der Waals surface area contributed by atoms with E-state index >= 15 is 0 Å². The second-order valence-corrected chi connectivity index (χ2v) is 8.64. The van der Waals surface area contributed by atoms with Gasteiger partial charge in [-0.1, -0.05) is 96.8 Å². The second kappa shape index (κ2) is 29.5. The summed E-state index contributed by atoms with van der Waals surface area (Å²) in [6.07, 6.45) is 17.2. The van der Waals surface area contributed by atoms with Gasteiger partial charge in [0.05, 0.1) is 18.9 Å². The SMILES string of the molecule is CCCCCCCCCCCCCCCCCC(=O)C(O)C(C)O.N.N.O=C(O)CCC(=O)O. The molecule has 206 valence electrons. The summed E-state index contributed by atoms with van der Waals surface area (Å²) in [5, 5.41) is 34.4. The molecule has 10 N–H and O–H groups in total. The fourth-order valence-corrected chi connectivity index (χ4v) is 3.30. The minimum absolute atomic E-state index is 0. The maximum atomic E-state index is 11.5. The van der Waals surface area contributed by atoms with Gasteiger partial charge in [0.25, 0.3) is 0 Å². The lowest BCUT2D eigenvalue weighted by atomic mass is 10.0. The van der Waals surface area contributed by atoms with Crippen molar-refractivity contribution >= 4 is 17.7 Å². The molecule has 0 radical (unpaired) electrons. The van der Waals surface area contributed by atoms with Crippen LogP contribution in [-0.2, 0) is 14.4 Å². The molecule has 0 saturated carbocycles. The third-order valence-electron chi connectivity index (χ3n) is 5.37. The van der Waals surface area contributed by atoms with Crippen molar-refractivity contribution in [2.45, 2.75) is 142 Å². The first-order valence-corrected chi connectivity index (χ1v) is 12.5. The van der Waals surface area contributed by atoms with E-state index in [0.717, 1.165) is 12.8 Å². The number of carboxylic acids is 2. The van der Waals surface area contributed by atoms with Crippen molar-refractivity contribution in [3.05, 3.63) is 0 Å². The van der Waals surface area contributed by atoms with Gasteiger partial charge >= 0.3 is 11.9 Å². The van der Waals surface area contributed by atoms with Gasteiger partial charge in [-0.2, -0.15) is 0 Å². The van der Waals surface area contributed by atoms with Gasteiger partial charge in [0.2, 0.25) is 0 Å². The normalized spacial score (nSPS) is 11.8. The van der Waals surface area contributed by atoms with Crippen LogP contribution in [0, 0.1) is 0 Å². The Balaban J connectivity index is -0.000000385. The molecule has 0 amide bonds. The highest BCUT2D eigenvalue weighted by Gasteiger charge is 2.19. The Bertz CT molecular complexity index is 460. The molecule has 2 atom stereocenters. The molecule has 34 heavy (non-hydrogen) atoms. The smallest absolute Gasteiger partial charge is 0.303 e. The highest BCUT2D eigenvalue weighted by molar-refractivity contribution is 5.83. The minimum atomic E-state index is -1.20. The predicted octanol–water partition coefficient (Wildman–Crippen LogP) is 5.82. The Hall–Kier alpha value is -1.55. The van der Waals surface area contributed by atoms with Crippen LogP contribution < -0.4 is 12.3 Å². The molecular weight excluding hydrogens is 440 g/mol. The maximum Gasteiger partial charge on any atom is 0.303 e. The molecule has 0 aliphatic carbocycles. The highest BCUT2D eigenvalue weighted by atomic mass is 16.4. The number of aliphatic hydroxyl groups excluding tert-OH is 2. The van der Waals surface area contributed by atoms with Crippen LogP contribution in [0.4, 0.5) is 0 Å². The van der Waals surface area contributed by atoms with Gasteiger partial charge in [-0.3, -0.25) is 14.4 Å². The van der Waals surface area contributed by atoms with E-state index < -0.39 is 24.1 Å². The lowest BCUT2D eigenvalue weighted by molar-refractivity contribution is -0.143. The highest BCUT2D eigenvalue weighted by Crippen LogP contribution is 2.14. The van der Waals surface area contributed by atoms with Crippen LogP contribution in [-0.4, -0.2) is 50.4 Å². The van der Waals surface area contributed by atoms with Crippen molar-refractivity contribution < 1.29 is 34.8 Å². The summed E-state index contributed by atoms with van der Waals surface area (Å²) < 4.78 is 0. The van der Waals surface area contributed by atoms with Crippen molar-refractivity contribution in [3.8, 4) is 0 Å². The summed E-state index contributed by atoms with van der Waals surface area (Å²) in [5.41, 5.74) is 0. The van der Waals surface area contributed by atoms with E-state index in [1.165, 1.54) is 90.4 Å². The Labute approximate surface area is 206 Å². The Morgan fingerprint density at radius 1 is 0.559 bits per heavy atom. The van der Waals surface area contributed by atoms with E-state index in [-0.39, 0.29) is 30.9 Å². The number of unbranched alkanes of at least 4 members (excludes halogenated alkanes) is 14. The van der Waals surface area contributed by atoms with E-state index in [9.17, 15) is 19.5 Å². The number of hydrogen-bond donors (Lipinski definition) is 6. The zero-order chi connectivity index (χ0) is 24.6. The predicted molar refractivity (Wildman–Crippen MR) is 137 cm³/mol. The first-order valence-electron chi connectivity index (χ1n) is 12.5. The third kappa shape index (κ3) is 32.6. The van der Waals surface area contributed by atoms with E-state index in [1.54, 1.807) is 0 Å². The van der Waals surface area contributed by atoms with Crippen LogP contribution in [0.25, 0.3) is 0 Å². The molecule has 2 unspecified atom stereocenters. The van der Waals surface area contributed by atoms with Gasteiger partial charge in [-0.25, -0.2) is 0 Å². The van der Waals surface area contributed by atoms with E-state index in [4.69, 9.17) is 15.3 Å². The summed E-state index contributed by atoms with van der Waals surface area (Å²) >= 11 is 0. The molecule has 9 heteroatoms. The summed E-state index contributed by atoms with van der Waals surface area (Å²) in [6.45, 7) is 3.72. The summed E-state index contributed by atoms with van der Waals surface area (Å²) in [5.74, 6) is -2.38. The van der Waals surface area contributed by atoms with Crippen LogP contribution in [0.5, 0.6) is 0 Å². The van der Waals surface area contributed by atoms with Crippen molar-refractivity contribution in [2.75, 3.05) is 0 Å². The number of ketones is 1. The van der Waals surface area contributed by atoms with E-state index in [1.807, 2.05) is 0 Å².